The van der Waals surface area contributed by atoms with Crippen molar-refractivity contribution in [3.05, 3.63) is 63.7 Å². The molecule has 0 saturated carbocycles. The van der Waals surface area contributed by atoms with Gasteiger partial charge in [0, 0.05) is 51.4 Å². The number of fused-ring (bicyclic) bond motifs is 1. The van der Waals surface area contributed by atoms with Crippen LogP contribution < -0.4 is 4.90 Å². The monoisotopic (exact) mass is 500 g/mol. The van der Waals surface area contributed by atoms with Gasteiger partial charge in [0.05, 0.1) is 16.5 Å². The van der Waals surface area contributed by atoms with E-state index in [4.69, 9.17) is 0 Å². The molecule has 4 rings (SSSR count). The summed E-state index contributed by atoms with van der Waals surface area (Å²) >= 11 is 0. The first-order valence-electron chi connectivity index (χ1n) is 12.1. The number of nitro benzene ring substituents is 1. The van der Waals surface area contributed by atoms with Crippen molar-refractivity contribution < 1.29 is 18.1 Å². The third kappa shape index (κ3) is 5.04. The van der Waals surface area contributed by atoms with Crippen LogP contribution in [0, 0.1) is 16.0 Å². The van der Waals surface area contributed by atoms with E-state index < -0.39 is 20.9 Å². The minimum Gasteiger partial charge on any atom is -0.366 e. The molecule has 188 valence electrons. The third-order valence-corrected chi connectivity index (χ3v) is 8.95. The lowest BCUT2D eigenvalue weighted by Crippen LogP contribution is -2.47. The van der Waals surface area contributed by atoms with Crippen LogP contribution in [0.4, 0.5) is 11.4 Å². The molecule has 35 heavy (non-hydrogen) atoms. The summed E-state index contributed by atoms with van der Waals surface area (Å²) in [6.45, 7) is 6.47. The Kier molecular flexibility index (Phi) is 7.42. The lowest BCUT2D eigenvalue weighted by molar-refractivity contribution is -0.385. The normalized spacial score (nSPS) is 18.7. The SMILES string of the molecule is CCN(CC)C(=O)C1CCCN(S(=O)(=O)c2cc([N+](=O)[O-])ccc2N2CCc3ccccc3C2)C1. The van der Waals surface area contributed by atoms with Crippen molar-refractivity contribution in [3.63, 3.8) is 0 Å². The van der Waals surface area contributed by atoms with Gasteiger partial charge in [0.15, 0.2) is 0 Å². The van der Waals surface area contributed by atoms with Gasteiger partial charge in [-0.25, -0.2) is 8.42 Å². The number of amides is 1. The van der Waals surface area contributed by atoms with Gasteiger partial charge in [0.1, 0.15) is 4.90 Å². The first kappa shape index (κ1) is 25.1. The number of hydrogen-bond donors (Lipinski definition) is 0. The number of anilines is 1. The predicted molar refractivity (Wildman–Crippen MR) is 134 cm³/mol. The topological polar surface area (TPSA) is 104 Å². The number of carbonyl (C=O) groups is 1. The summed E-state index contributed by atoms with van der Waals surface area (Å²) in [7, 11) is -4.06. The number of carbonyl (C=O) groups excluding carboxylic acids is 1. The molecule has 2 aliphatic heterocycles. The summed E-state index contributed by atoms with van der Waals surface area (Å²) in [5.74, 6) is -0.454. The summed E-state index contributed by atoms with van der Waals surface area (Å²) < 4.78 is 29.1. The minimum absolute atomic E-state index is 0.0400. The lowest BCUT2D eigenvalue weighted by atomic mass is 9.98. The molecular weight excluding hydrogens is 468 g/mol. The van der Waals surface area contributed by atoms with Crippen molar-refractivity contribution in [2.75, 3.05) is 37.6 Å². The molecule has 2 aromatic rings. The zero-order chi connectivity index (χ0) is 25.2. The van der Waals surface area contributed by atoms with Crippen LogP contribution in [0.2, 0.25) is 0 Å². The molecule has 0 radical (unpaired) electrons. The molecule has 0 spiro atoms. The van der Waals surface area contributed by atoms with Crippen LogP contribution in [0.15, 0.2) is 47.4 Å². The number of nitro groups is 1. The fourth-order valence-electron chi connectivity index (χ4n) is 5.08. The Balaban J connectivity index is 1.69. The zero-order valence-corrected chi connectivity index (χ0v) is 21.0. The first-order valence-corrected chi connectivity index (χ1v) is 13.6. The number of nitrogens with zero attached hydrogens (tertiary/aromatic N) is 4. The van der Waals surface area contributed by atoms with Crippen LogP contribution in [0.5, 0.6) is 0 Å². The molecule has 1 fully saturated rings. The lowest BCUT2D eigenvalue weighted by Gasteiger charge is -2.36. The summed E-state index contributed by atoms with van der Waals surface area (Å²) in [6, 6.07) is 12.1. The largest absolute Gasteiger partial charge is 0.366 e. The van der Waals surface area contributed by atoms with Crippen LogP contribution in [0.3, 0.4) is 0 Å². The van der Waals surface area contributed by atoms with Gasteiger partial charge in [-0.1, -0.05) is 24.3 Å². The van der Waals surface area contributed by atoms with Gasteiger partial charge in [-0.3, -0.25) is 14.9 Å². The van der Waals surface area contributed by atoms with Crippen molar-refractivity contribution in [3.8, 4) is 0 Å². The quantitative estimate of drug-likeness (QED) is 0.426. The minimum atomic E-state index is -4.06. The van der Waals surface area contributed by atoms with E-state index in [1.54, 1.807) is 11.0 Å². The maximum absolute atomic E-state index is 13.9. The highest BCUT2D eigenvalue weighted by Gasteiger charge is 2.37. The molecule has 2 heterocycles. The third-order valence-electron chi connectivity index (χ3n) is 7.05. The molecular formula is C25H32N4O5S. The number of rotatable bonds is 7. The summed E-state index contributed by atoms with van der Waals surface area (Å²) in [6.07, 6.45) is 1.96. The molecule has 0 aromatic heterocycles. The summed E-state index contributed by atoms with van der Waals surface area (Å²) in [5, 5.41) is 11.5. The van der Waals surface area contributed by atoms with Gasteiger partial charge in [-0.15, -0.1) is 0 Å². The second-order valence-corrected chi connectivity index (χ2v) is 11.0. The first-order chi connectivity index (χ1) is 16.8. The molecule has 0 bridgehead atoms. The van der Waals surface area contributed by atoms with Gasteiger partial charge in [0.25, 0.3) is 5.69 Å². The van der Waals surface area contributed by atoms with Crippen LogP contribution >= 0.6 is 0 Å². The standard InChI is InChI=1S/C25H32N4O5S/c1-3-26(4-2)25(30)21-10-7-14-28(18-21)35(33,34)24-16-22(29(31)32)11-12-23(24)27-15-13-19-8-5-6-9-20(19)17-27/h5-6,8-9,11-12,16,21H,3-4,7,10,13-15,17-18H2,1-2H3. The molecule has 0 N–H and O–H groups in total. The summed E-state index contributed by atoms with van der Waals surface area (Å²) in [4.78, 5) is 27.5. The number of benzene rings is 2. The highest BCUT2D eigenvalue weighted by atomic mass is 32.2. The van der Waals surface area contributed by atoms with E-state index in [9.17, 15) is 23.3 Å². The molecule has 1 saturated heterocycles. The van der Waals surface area contributed by atoms with Crippen molar-refractivity contribution in [1.29, 1.82) is 0 Å². The number of non-ortho nitro benzene ring substituents is 1. The second kappa shape index (κ2) is 10.3. The van der Waals surface area contributed by atoms with Crippen LogP contribution in [0.1, 0.15) is 37.8 Å². The smallest absolute Gasteiger partial charge is 0.270 e. The Morgan fingerprint density at radius 2 is 1.83 bits per heavy atom. The molecule has 1 atom stereocenters. The van der Waals surface area contributed by atoms with E-state index >= 15 is 0 Å². The second-order valence-electron chi connectivity index (χ2n) is 9.06. The zero-order valence-electron chi connectivity index (χ0n) is 20.2. The molecule has 9 nitrogen and oxygen atoms in total. The molecule has 1 amide bonds. The van der Waals surface area contributed by atoms with E-state index in [-0.39, 0.29) is 29.6 Å². The van der Waals surface area contributed by atoms with Crippen molar-refractivity contribution in [1.82, 2.24) is 9.21 Å². The van der Waals surface area contributed by atoms with Crippen molar-refractivity contribution in [2.24, 2.45) is 5.92 Å². The van der Waals surface area contributed by atoms with E-state index in [0.717, 1.165) is 12.0 Å². The Labute approximate surface area is 206 Å². The van der Waals surface area contributed by atoms with E-state index in [1.165, 1.54) is 22.0 Å². The molecule has 2 aromatic carbocycles. The average Bonchev–Trinajstić information content (AvgIpc) is 2.88. The number of hydrogen-bond acceptors (Lipinski definition) is 6. The van der Waals surface area contributed by atoms with Crippen molar-refractivity contribution in [2.45, 2.75) is 44.6 Å². The van der Waals surface area contributed by atoms with Gasteiger partial charge in [-0.05, 0) is 50.3 Å². The van der Waals surface area contributed by atoms with Gasteiger partial charge in [-0.2, -0.15) is 4.31 Å². The van der Waals surface area contributed by atoms with Gasteiger partial charge < -0.3 is 9.80 Å². The maximum Gasteiger partial charge on any atom is 0.270 e. The van der Waals surface area contributed by atoms with Crippen LogP contribution in [-0.2, 0) is 27.8 Å². The predicted octanol–water partition coefficient (Wildman–Crippen LogP) is 3.43. The van der Waals surface area contributed by atoms with E-state index in [0.29, 0.717) is 44.7 Å². The number of piperidine rings is 1. The van der Waals surface area contributed by atoms with Gasteiger partial charge in [0.2, 0.25) is 15.9 Å². The fraction of sp³-hybridized carbons (Fsp3) is 0.480. The van der Waals surface area contributed by atoms with E-state index in [1.807, 2.05) is 36.9 Å². The van der Waals surface area contributed by atoms with Gasteiger partial charge >= 0.3 is 0 Å². The molecule has 2 aliphatic rings. The molecule has 10 heteroatoms. The van der Waals surface area contributed by atoms with Crippen molar-refractivity contribution >= 4 is 27.3 Å². The highest BCUT2D eigenvalue weighted by Crippen LogP contribution is 2.36. The Hall–Kier alpha value is -2.98. The fourth-order valence-corrected chi connectivity index (χ4v) is 6.84. The van der Waals surface area contributed by atoms with Crippen LogP contribution in [0.25, 0.3) is 0 Å². The summed E-state index contributed by atoms with van der Waals surface area (Å²) in [5.41, 5.74) is 2.53. The highest BCUT2D eigenvalue weighted by molar-refractivity contribution is 7.89. The molecule has 0 aliphatic carbocycles. The van der Waals surface area contributed by atoms with Crippen LogP contribution in [-0.4, -0.2) is 61.2 Å². The average molecular weight is 501 g/mol. The maximum atomic E-state index is 13.9. The van der Waals surface area contributed by atoms with E-state index in [2.05, 4.69) is 6.07 Å². The molecule has 1 unspecified atom stereocenters. The Bertz CT molecular complexity index is 1210. The Morgan fingerprint density at radius 3 is 2.51 bits per heavy atom. The Morgan fingerprint density at radius 1 is 1.11 bits per heavy atom. The number of sulfonamides is 1.